The van der Waals surface area contributed by atoms with Gasteiger partial charge in [0.05, 0.1) is 0 Å². The molecule has 0 radical (unpaired) electrons. The lowest BCUT2D eigenvalue weighted by Crippen LogP contribution is -2.12. The van der Waals surface area contributed by atoms with E-state index in [1.54, 1.807) is 0 Å². The standard InChI is InChI=1S/C35H32/c1-25-33(30-19-11-17-28(21-30)26-13-7-5-8-14-26)23-32(35(2,3)4)24-34(25)31-20-12-18-29(22-31)27-15-9-6-10-16-27/h5-24H,1-4H3. The van der Waals surface area contributed by atoms with Crippen molar-refractivity contribution in [3.63, 3.8) is 0 Å². The molecule has 0 N–H and O–H groups in total. The maximum atomic E-state index is 2.39. The zero-order chi connectivity index (χ0) is 24.4. The van der Waals surface area contributed by atoms with E-state index in [1.807, 2.05) is 0 Å². The van der Waals surface area contributed by atoms with Crippen LogP contribution in [0.15, 0.2) is 121 Å². The van der Waals surface area contributed by atoms with Crippen LogP contribution in [0.4, 0.5) is 0 Å². The van der Waals surface area contributed by atoms with Crippen molar-refractivity contribution in [1.29, 1.82) is 0 Å². The molecule has 0 aliphatic rings. The Kier molecular flexibility index (Phi) is 6.14. The highest BCUT2D eigenvalue weighted by molar-refractivity contribution is 5.83. The van der Waals surface area contributed by atoms with Crippen molar-refractivity contribution < 1.29 is 0 Å². The summed E-state index contributed by atoms with van der Waals surface area (Å²) in [6.45, 7) is 9.16. The normalized spacial score (nSPS) is 11.4. The van der Waals surface area contributed by atoms with Crippen molar-refractivity contribution in [3.05, 3.63) is 132 Å². The first-order valence-corrected chi connectivity index (χ1v) is 12.4. The second kappa shape index (κ2) is 9.39. The van der Waals surface area contributed by atoms with Crippen LogP contribution in [-0.2, 0) is 5.41 Å². The van der Waals surface area contributed by atoms with Crippen molar-refractivity contribution in [2.45, 2.75) is 33.1 Å². The van der Waals surface area contributed by atoms with Crippen LogP contribution in [0.2, 0.25) is 0 Å². The van der Waals surface area contributed by atoms with Gasteiger partial charge in [0.15, 0.2) is 0 Å². The minimum atomic E-state index is 0.0469. The number of hydrogen-bond acceptors (Lipinski definition) is 0. The van der Waals surface area contributed by atoms with E-state index < -0.39 is 0 Å². The fraction of sp³-hybridized carbons (Fsp3) is 0.143. The Balaban J connectivity index is 1.68. The molecule has 172 valence electrons. The average Bonchev–Trinajstić information content (AvgIpc) is 2.89. The highest BCUT2D eigenvalue weighted by atomic mass is 14.2. The minimum Gasteiger partial charge on any atom is -0.0622 e. The molecule has 0 aromatic heterocycles. The summed E-state index contributed by atoms with van der Waals surface area (Å²) in [7, 11) is 0. The van der Waals surface area contributed by atoms with Gasteiger partial charge in [-0.1, -0.05) is 130 Å². The minimum absolute atomic E-state index is 0.0469. The van der Waals surface area contributed by atoms with Gasteiger partial charge in [-0.3, -0.25) is 0 Å². The molecule has 0 nitrogen and oxygen atoms in total. The first-order valence-electron chi connectivity index (χ1n) is 12.4. The fourth-order valence-electron chi connectivity index (χ4n) is 4.74. The van der Waals surface area contributed by atoms with Gasteiger partial charge in [0, 0.05) is 0 Å². The molecule has 0 heterocycles. The molecule has 0 unspecified atom stereocenters. The van der Waals surface area contributed by atoms with Gasteiger partial charge in [0.1, 0.15) is 0 Å². The van der Waals surface area contributed by atoms with Crippen molar-refractivity contribution in [3.8, 4) is 44.5 Å². The SMILES string of the molecule is Cc1c(-c2cccc(-c3ccccc3)c2)cc(C(C)(C)C)cc1-c1cccc(-c2ccccc2)c1. The molecular weight excluding hydrogens is 420 g/mol. The molecule has 5 aromatic carbocycles. The van der Waals surface area contributed by atoms with E-state index in [9.17, 15) is 0 Å². The van der Waals surface area contributed by atoms with Crippen LogP contribution in [0.1, 0.15) is 31.9 Å². The van der Waals surface area contributed by atoms with Gasteiger partial charge in [-0.2, -0.15) is 0 Å². The van der Waals surface area contributed by atoms with Crippen molar-refractivity contribution in [2.75, 3.05) is 0 Å². The van der Waals surface area contributed by atoms with E-state index in [4.69, 9.17) is 0 Å². The average molecular weight is 453 g/mol. The van der Waals surface area contributed by atoms with Gasteiger partial charge in [-0.15, -0.1) is 0 Å². The van der Waals surface area contributed by atoms with Crippen LogP contribution >= 0.6 is 0 Å². The number of hydrogen-bond donors (Lipinski definition) is 0. The highest BCUT2D eigenvalue weighted by Crippen LogP contribution is 2.39. The molecule has 0 saturated heterocycles. The largest absolute Gasteiger partial charge is 0.0622 e. The quantitative estimate of drug-likeness (QED) is 0.254. The fourth-order valence-corrected chi connectivity index (χ4v) is 4.74. The van der Waals surface area contributed by atoms with Crippen LogP contribution in [0.5, 0.6) is 0 Å². The van der Waals surface area contributed by atoms with Gasteiger partial charge in [0.2, 0.25) is 0 Å². The zero-order valence-corrected chi connectivity index (χ0v) is 21.0. The van der Waals surface area contributed by atoms with Crippen molar-refractivity contribution >= 4 is 0 Å². The van der Waals surface area contributed by atoms with Crippen LogP contribution in [-0.4, -0.2) is 0 Å². The third kappa shape index (κ3) is 4.84. The van der Waals surface area contributed by atoms with Gasteiger partial charge in [-0.05, 0) is 80.1 Å². The topological polar surface area (TPSA) is 0 Å². The third-order valence-corrected chi connectivity index (χ3v) is 6.84. The second-order valence-electron chi connectivity index (χ2n) is 10.3. The van der Waals surface area contributed by atoms with Gasteiger partial charge in [-0.25, -0.2) is 0 Å². The van der Waals surface area contributed by atoms with E-state index in [0.717, 1.165) is 0 Å². The first kappa shape index (κ1) is 22.9. The summed E-state index contributed by atoms with van der Waals surface area (Å²) in [5.74, 6) is 0. The van der Waals surface area contributed by atoms with E-state index in [0.29, 0.717) is 0 Å². The maximum Gasteiger partial charge on any atom is -0.0131 e. The van der Waals surface area contributed by atoms with Crippen molar-refractivity contribution in [1.82, 2.24) is 0 Å². The molecule has 0 saturated carbocycles. The molecule has 5 aromatic rings. The van der Waals surface area contributed by atoms with Crippen LogP contribution in [0.25, 0.3) is 44.5 Å². The Hall–Kier alpha value is -3.90. The number of rotatable bonds is 4. The summed E-state index contributed by atoms with van der Waals surface area (Å²) in [4.78, 5) is 0. The summed E-state index contributed by atoms with van der Waals surface area (Å²) in [5.41, 5.74) is 12.8. The zero-order valence-electron chi connectivity index (χ0n) is 21.0. The van der Waals surface area contributed by atoms with Gasteiger partial charge >= 0.3 is 0 Å². The molecule has 0 spiro atoms. The molecule has 0 amide bonds. The molecule has 0 bridgehead atoms. The summed E-state index contributed by atoms with van der Waals surface area (Å²) >= 11 is 0. The summed E-state index contributed by atoms with van der Waals surface area (Å²) in [6, 6.07) is 43.9. The lowest BCUT2D eigenvalue weighted by atomic mass is 9.81. The maximum absolute atomic E-state index is 2.39. The summed E-state index contributed by atoms with van der Waals surface area (Å²) < 4.78 is 0. The Morgan fingerprint density at radius 3 is 1.17 bits per heavy atom. The van der Waals surface area contributed by atoms with Crippen molar-refractivity contribution in [2.24, 2.45) is 0 Å². The Morgan fingerprint density at radius 1 is 0.400 bits per heavy atom. The monoisotopic (exact) mass is 452 g/mol. The molecule has 0 aliphatic carbocycles. The van der Waals surface area contributed by atoms with Crippen LogP contribution in [0.3, 0.4) is 0 Å². The molecule has 0 fully saturated rings. The molecule has 0 heteroatoms. The molecule has 0 atom stereocenters. The second-order valence-corrected chi connectivity index (χ2v) is 10.3. The van der Waals surface area contributed by atoms with Gasteiger partial charge < -0.3 is 0 Å². The number of benzene rings is 5. The van der Waals surface area contributed by atoms with E-state index >= 15 is 0 Å². The molecule has 35 heavy (non-hydrogen) atoms. The Morgan fingerprint density at radius 2 is 0.771 bits per heavy atom. The lowest BCUT2D eigenvalue weighted by molar-refractivity contribution is 0.590. The predicted molar refractivity (Wildman–Crippen MR) is 152 cm³/mol. The van der Waals surface area contributed by atoms with Crippen LogP contribution in [0, 0.1) is 6.92 Å². The molecule has 5 rings (SSSR count). The predicted octanol–water partition coefficient (Wildman–Crippen LogP) is 9.96. The summed E-state index contributed by atoms with van der Waals surface area (Å²) in [6.07, 6.45) is 0. The lowest BCUT2D eigenvalue weighted by Gasteiger charge is -2.24. The smallest absolute Gasteiger partial charge is 0.0131 e. The first-order chi connectivity index (χ1) is 16.9. The van der Waals surface area contributed by atoms with E-state index in [1.165, 1.54) is 55.6 Å². The molecular formula is C35H32. The Bertz CT molecular complexity index is 1350. The Labute approximate surface area is 209 Å². The van der Waals surface area contributed by atoms with E-state index in [-0.39, 0.29) is 5.41 Å². The highest BCUT2D eigenvalue weighted by Gasteiger charge is 2.19. The van der Waals surface area contributed by atoms with Crippen LogP contribution < -0.4 is 0 Å². The third-order valence-electron chi connectivity index (χ3n) is 6.84. The van der Waals surface area contributed by atoms with Gasteiger partial charge in [0.25, 0.3) is 0 Å². The molecule has 0 aliphatic heterocycles. The van der Waals surface area contributed by atoms with E-state index in [2.05, 4.69) is 149 Å². The summed E-state index contributed by atoms with van der Waals surface area (Å²) in [5, 5.41) is 0.